The Morgan fingerprint density at radius 2 is 1.97 bits per heavy atom. The SMILES string of the molecule is CC#CC1=C(c2ccc(C(O)CCCCC)cc2)C(CCCc2ccc(C(=O)OC)s2)CC1. The second-order valence-corrected chi connectivity index (χ2v) is 9.95. The van der Waals surface area contributed by atoms with E-state index in [2.05, 4.69) is 43.0 Å². The maximum absolute atomic E-state index is 11.7. The van der Waals surface area contributed by atoms with Crippen LogP contribution in [-0.2, 0) is 11.2 Å². The van der Waals surface area contributed by atoms with Crippen molar-refractivity contribution in [3.8, 4) is 11.8 Å². The molecular formula is C29H36O3S. The molecule has 2 aromatic rings. The van der Waals surface area contributed by atoms with Gasteiger partial charge in [0.05, 0.1) is 13.2 Å². The fourth-order valence-electron chi connectivity index (χ4n) is 4.71. The minimum absolute atomic E-state index is 0.256. The first-order chi connectivity index (χ1) is 16.1. The number of methoxy groups -OCH3 is 1. The van der Waals surface area contributed by atoms with E-state index in [0.29, 0.717) is 10.8 Å². The first-order valence-electron chi connectivity index (χ1n) is 12.2. The average Bonchev–Trinajstić information content (AvgIpc) is 3.46. The quantitative estimate of drug-likeness (QED) is 0.215. The minimum atomic E-state index is -0.380. The Morgan fingerprint density at radius 1 is 1.18 bits per heavy atom. The van der Waals surface area contributed by atoms with E-state index < -0.39 is 0 Å². The summed E-state index contributed by atoms with van der Waals surface area (Å²) in [6.45, 7) is 4.09. The summed E-state index contributed by atoms with van der Waals surface area (Å²) in [6, 6.07) is 12.4. The zero-order valence-electron chi connectivity index (χ0n) is 20.2. The first-order valence-corrected chi connectivity index (χ1v) is 13.0. The summed E-state index contributed by atoms with van der Waals surface area (Å²) >= 11 is 1.53. The van der Waals surface area contributed by atoms with Crippen LogP contribution in [0.2, 0.25) is 0 Å². The molecule has 3 nitrogen and oxygen atoms in total. The summed E-state index contributed by atoms with van der Waals surface area (Å²) in [7, 11) is 1.42. The molecule has 0 aliphatic heterocycles. The molecule has 1 heterocycles. The van der Waals surface area contributed by atoms with E-state index in [9.17, 15) is 9.90 Å². The topological polar surface area (TPSA) is 46.5 Å². The standard InChI is InChI=1S/C29H36O3S/c1-4-6-7-12-26(30)21-13-15-24(16-14-21)28-22(9-5-2)17-18-23(28)10-8-11-25-19-20-27(33-25)29(31)32-3/h13-16,19-20,23,26,30H,4,6-8,10-12,17-18H2,1-3H3. The summed E-state index contributed by atoms with van der Waals surface area (Å²) in [6.07, 6.45) is 9.18. The molecule has 1 aromatic heterocycles. The maximum atomic E-state index is 11.7. The molecule has 2 unspecified atom stereocenters. The predicted octanol–water partition coefficient (Wildman–Crippen LogP) is 7.36. The highest BCUT2D eigenvalue weighted by atomic mass is 32.1. The van der Waals surface area contributed by atoms with Crippen molar-refractivity contribution in [2.75, 3.05) is 7.11 Å². The number of hydrogen-bond acceptors (Lipinski definition) is 4. The van der Waals surface area contributed by atoms with Crippen LogP contribution in [0, 0.1) is 17.8 Å². The van der Waals surface area contributed by atoms with E-state index in [0.717, 1.165) is 56.9 Å². The molecule has 2 atom stereocenters. The normalized spacial score (nSPS) is 16.4. The van der Waals surface area contributed by atoms with Gasteiger partial charge in [0.1, 0.15) is 4.88 Å². The van der Waals surface area contributed by atoms with Gasteiger partial charge in [-0.2, -0.15) is 0 Å². The molecule has 0 spiro atoms. The van der Waals surface area contributed by atoms with Crippen molar-refractivity contribution in [3.05, 3.63) is 62.9 Å². The Balaban J connectivity index is 1.66. The highest BCUT2D eigenvalue weighted by molar-refractivity contribution is 7.13. The lowest BCUT2D eigenvalue weighted by Crippen LogP contribution is -2.02. The smallest absolute Gasteiger partial charge is 0.348 e. The van der Waals surface area contributed by atoms with Crippen molar-refractivity contribution in [2.45, 2.75) is 77.7 Å². The zero-order valence-corrected chi connectivity index (χ0v) is 21.0. The van der Waals surface area contributed by atoms with Crippen molar-refractivity contribution < 1.29 is 14.6 Å². The first kappa shape index (κ1) is 25.3. The van der Waals surface area contributed by atoms with Gasteiger partial charge in [-0.25, -0.2) is 4.79 Å². The number of aliphatic hydroxyl groups excluding tert-OH is 1. The Kier molecular flexibility index (Phi) is 9.78. The van der Waals surface area contributed by atoms with Gasteiger partial charge >= 0.3 is 5.97 Å². The van der Waals surface area contributed by atoms with Gasteiger partial charge in [0.25, 0.3) is 0 Å². The van der Waals surface area contributed by atoms with Crippen molar-refractivity contribution >= 4 is 22.9 Å². The van der Waals surface area contributed by atoms with E-state index in [1.54, 1.807) is 0 Å². The van der Waals surface area contributed by atoms with Crippen molar-refractivity contribution in [1.29, 1.82) is 0 Å². The van der Waals surface area contributed by atoms with E-state index in [-0.39, 0.29) is 12.1 Å². The molecule has 0 fully saturated rings. The van der Waals surface area contributed by atoms with Crippen LogP contribution >= 0.6 is 11.3 Å². The third-order valence-corrected chi connectivity index (χ3v) is 7.59. The number of hydrogen-bond donors (Lipinski definition) is 1. The third-order valence-electron chi connectivity index (χ3n) is 6.46. The van der Waals surface area contributed by atoms with Gasteiger partial charge in [0.2, 0.25) is 0 Å². The Labute approximate surface area is 202 Å². The van der Waals surface area contributed by atoms with Crippen molar-refractivity contribution in [3.63, 3.8) is 0 Å². The van der Waals surface area contributed by atoms with E-state index in [1.165, 1.54) is 46.5 Å². The average molecular weight is 465 g/mol. The molecule has 0 amide bonds. The number of rotatable bonds is 11. The number of aryl methyl sites for hydroxylation is 1. The number of carbonyl (C=O) groups is 1. The molecule has 0 radical (unpaired) electrons. The van der Waals surface area contributed by atoms with E-state index in [1.807, 2.05) is 19.1 Å². The van der Waals surface area contributed by atoms with Crippen molar-refractivity contribution in [1.82, 2.24) is 0 Å². The van der Waals surface area contributed by atoms with Crippen LogP contribution in [0.15, 0.2) is 42.0 Å². The van der Waals surface area contributed by atoms with Crippen LogP contribution in [0.4, 0.5) is 0 Å². The summed E-state index contributed by atoms with van der Waals surface area (Å²) in [5, 5.41) is 10.5. The lowest BCUT2D eigenvalue weighted by molar-refractivity contribution is 0.0606. The van der Waals surface area contributed by atoms with Gasteiger partial charge in [0.15, 0.2) is 0 Å². The minimum Gasteiger partial charge on any atom is -0.465 e. The largest absolute Gasteiger partial charge is 0.465 e. The molecule has 0 saturated carbocycles. The van der Waals surface area contributed by atoms with Gasteiger partial charge in [-0.15, -0.1) is 17.3 Å². The van der Waals surface area contributed by atoms with Gasteiger partial charge in [-0.1, -0.05) is 56.4 Å². The second-order valence-electron chi connectivity index (χ2n) is 8.79. The van der Waals surface area contributed by atoms with Crippen LogP contribution in [0.3, 0.4) is 0 Å². The highest BCUT2D eigenvalue weighted by Crippen LogP contribution is 2.42. The van der Waals surface area contributed by atoms with Gasteiger partial charge in [0, 0.05) is 10.5 Å². The molecule has 1 N–H and O–H groups in total. The monoisotopic (exact) mass is 464 g/mol. The lowest BCUT2D eigenvalue weighted by atomic mass is 9.88. The Bertz CT molecular complexity index is 1000. The fourth-order valence-corrected chi connectivity index (χ4v) is 5.68. The summed E-state index contributed by atoms with van der Waals surface area (Å²) in [5.41, 5.74) is 4.90. The molecule has 1 aromatic carbocycles. The highest BCUT2D eigenvalue weighted by Gasteiger charge is 2.26. The van der Waals surface area contributed by atoms with Crippen LogP contribution < -0.4 is 0 Å². The summed E-state index contributed by atoms with van der Waals surface area (Å²) in [5.74, 6) is 6.70. The van der Waals surface area contributed by atoms with Crippen LogP contribution in [0.1, 0.15) is 97.0 Å². The number of thiophene rings is 1. The maximum Gasteiger partial charge on any atom is 0.348 e. The van der Waals surface area contributed by atoms with Crippen LogP contribution in [-0.4, -0.2) is 18.2 Å². The van der Waals surface area contributed by atoms with Gasteiger partial charge in [-0.05, 0) is 80.2 Å². The number of esters is 1. The molecular weight excluding hydrogens is 428 g/mol. The van der Waals surface area contributed by atoms with E-state index in [4.69, 9.17) is 4.74 Å². The molecule has 0 bridgehead atoms. The molecule has 4 heteroatoms. The number of carbonyl (C=O) groups excluding carboxylic acids is 1. The van der Waals surface area contributed by atoms with Gasteiger partial charge in [-0.3, -0.25) is 0 Å². The fraction of sp³-hybridized carbons (Fsp3) is 0.483. The van der Waals surface area contributed by atoms with Crippen molar-refractivity contribution in [2.24, 2.45) is 5.92 Å². The van der Waals surface area contributed by atoms with Crippen LogP contribution in [0.5, 0.6) is 0 Å². The number of unbranched alkanes of at least 4 members (excludes halogenated alkanes) is 2. The molecule has 176 valence electrons. The van der Waals surface area contributed by atoms with E-state index >= 15 is 0 Å². The predicted molar refractivity (Wildman–Crippen MR) is 137 cm³/mol. The second kappa shape index (κ2) is 12.8. The number of ether oxygens (including phenoxy) is 1. The third kappa shape index (κ3) is 6.82. The molecule has 33 heavy (non-hydrogen) atoms. The Hall–Kier alpha value is -2.35. The Morgan fingerprint density at radius 3 is 2.67 bits per heavy atom. The molecule has 1 aliphatic carbocycles. The lowest BCUT2D eigenvalue weighted by Gasteiger charge is -2.17. The number of benzene rings is 1. The summed E-state index contributed by atoms with van der Waals surface area (Å²) < 4.78 is 4.82. The number of aliphatic hydroxyl groups is 1. The number of allylic oxidation sites excluding steroid dienone is 2. The molecule has 3 rings (SSSR count). The molecule has 0 saturated heterocycles. The van der Waals surface area contributed by atoms with Gasteiger partial charge < -0.3 is 9.84 Å². The van der Waals surface area contributed by atoms with Crippen LogP contribution in [0.25, 0.3) is 5.57 Å². The zero-order chi connectivity index (χ0) is 23.6. The molecule has 1 aliphatic rings. The summed E-state index contributed by atoms with van der Waals surface area (Å²) in [4.78, 5) is 13.6.